The van der Waals surface area contributed by atoms with Crippen LogP contribution < -0.4 is 5.32 Å². The lowest BCUT2D eigenvalue weighted by molar-refractivity contribution is -0.141. The van der Waals surface area contributed by atoms with E-state index in [0.717, 1.165) is 70.0 Å². The lowest BCUT2D eigenvalue weighted by Gasteiger charge is -2.33. The zero-order chi connectivity index (χ0) is 25.7. The molecule has 9 heteroatoms. The van der Waals surface area contributed by atoms with E-state index in [0.29, 0.717) is 13.0 Å². The molecule has 1 aromatic carbocycles. The van der Waals surface area contributed by atoms with Crippen molar-refractivity contribution in [2.75, 3.05) is 13.1 Å². The molecule has 6 nitrogen and oxygen atoms in total. The first kappa shape index (κ1) is 23.7. The van der Waals surface area contributed by atoms with Gasteiger partial charge in [0.05, 0.1) is 5.56 Å². The van der Waals surface area contributed by atoms with Gasteiger partial charge in [0.25, 0.3) is 5.91 Å². The van der Waals surface area contributed by atoms with Gasteiger partial charge in [0, 0.05) is 48.7 Å². The lowest BCUT2D eigenvalue weighted by atomic mass is 9.87. The van der Waals surface area contributed by atoms with Crippen molar-refractivity contribution < 1.29 is 18.0 Å². The summed E-state index contributed by atoms with van der Waals surface area (Å²) >= 11 is 0. The Hall–Kier alpha value is -3.72. The van der Waals surface area contributed by atoms with E-state index >= 15 is 0 Å². The summed E-state index contributed by atoms with van der Waals surface area (Å²) in [6, 6.07) is 9.16. The molecule has 1 saturated heterocycles. The largest absolute Gasteiger partial charge is 0.434 e. The number of aromatic amines is 1. The number of H-pyrrole nitrogens is 1. The van der Waals surface area contributed by atoms with Crippen LogP contribution in [0.5, 0.6) is 0 Å². The van der Waals surface area contributed by atoms with E-state index < -0.39 is 23.3 Å². The van der Waals surface area contributed by atoms with Crippen LogP contribution in [0, 0.1) is 6.92 Å². The van der Waals surface area contributed by atoms with Gasteiger partial charge in [-0.3, -0.25) is 9.78 Å². The second-order valence-corrected chi connectivity index (χ2v) is 9.82. The summed E-state index contributed by atoms with van der Waals surface area (Å²) in [7, 11) is 0. The molecule has 0 saturated carbocycles. The minimum Gasteiger partial charge on any atom is -0.346 e. The van der Waals surface area contributed by atoms with Gasteiger partial charge in [0.15, 0.2) is 5.69 Å². The van der Waals surface area contributed by atoms with Gasteiger partial charge in [0.1, 0.15) is 5.65 Å². The van der Waals surface area contributed by atoms with Crippen LogP contribution in [0.15, 0.2) is 48.9 Å². The number of benzene rings is 1. The van der Waals surface area contributed by atoms with Crippen molar-refractivity contribution in [1.82, 2.24) is 25.2 Å². The van der Waals surface area contributed by atoms with E-state index in [9.17, 15) is 18.0 Å². The normalized spacial score (nSPS) is 17.8. The Morgan fingerprint density at radius 1 is 1.16 bits per heavy atom. The predicted octanol–water partition coefficient (Wildman–Crippen LogP) is 5.58. The highest BCUT2D eigenvalue weighted by Crippen LogP contribution is 2.37. The van der Waals surface area contributed by atoms with Crippen LogP contribution in [-0.4, -0.2) is 38.8 Å². The van der Waals surface area contributed by atoms with Gasteiger partial charge in [-0.2, -0.15) is 13.2 Å². The third-order valence-electron chi connectivity index (χ3n) is 7.48. The third kappa shape index (κ3) is 4.27. The number of alkyl halides is 3. The number of fused-ring (bicyclic) bond motifs is 2. The quantitative estimate of drug-likeness (QED) is 0.382. The Kier molecular flexibility index (Phi) is 5.75. The Morgan fingerprint density at radius 3 is 2.81 bits per heavy atom. The van der Waals surface area contributed by atoms with E-state index in [4.69, 9.17) is 0 Å². The lowest BCUT2D eigenvalue weighted by Crippen LogP contribution is -2.38. The highest BCUT2D eigenvalue weighted by atomic mass is 19.4. The summed E-state index contributed by atoms with van der Waals surface area (Å²) < 4.78 is 40.6. The average molecular weight is 506 g/mol. The van der Waals surface area contributed by atoms with E-state index in [-0.39, 0.29) is 12.6 Å². The van der Waals surface area contributed by atoms with E-state index in [1.807, 2.05) is 19.3 Å². The number of aryl methyl sites for hydroxylation is 1. The standard InChI is InChI=1S/C28H26F3N5O/c1-16-13-34-26-21(16)12-19(14-35-26)18-10-17-6-9-36(15-23(17)22(11-18)24-5-3-7-32-24)27(37)20-4-2-8-33-25(20)28(29,30)31/h2,4,8,10-14,24,32H,3,5-7,9,15H2,1H3,(H,34,35)/t24-/m0/s1. The molecule has 5 heterocycles. The predicted molar refractivity (Wildman–Crippen MR) is 134 cm³/mol. The molecule has 0 radical (unpaired) electrons. The van der Waals surface area contributed by atoms with Gasteiger partial charge in [-0.25, -0.2) is 4.98 Å². The Bertz CT molecular complexity index is 1500. The zero-order valence-corrected chi connectivity index (χ0v) is 20.3. The zero-order valence-electron chi connectivity index (χ0n) is 20.3. The molecule has 1 amide bonds. The number of amides is 1. The van der Waals surface area contributed by atoms with Crippen LogP contribution in [0.25, 0.3) is 22.2 Å². The van der Waals surface area contributed by atoms with E-state index in [1.165, 1.54) is 17.0 Å². The highest BCUT2D eigenvalue weighted by molar-refractivity contribution is 5.95. The molecular weight excluding hydrogens is 479 g/mol. The summed E-state index contributed by atoms with van der Waals surface area (Å²) in [5.41, 5.74) is 5.76. The molecule has 0 aliphatic carbocycles. The number of nitrogens with zero attached hydrogens (tertiary/aromatic N) is 3. The SMILES string of the molecule is Cc1c[nH]c2ncc(-c3cc4c(c([C@@H]5CCCN5)c3)CN(C(=O)c3cccnc3C(F)(F)F)CC4)cc12. The van der Waals surface area contributed by atoms with Crippen LogP contribution >= 0.6 is 0 Å². The van der Waals surface area contributed by atoms with Crippen molar-refractivity contribution >= 4 is 16.9 Å². The second-order valence-electron chi connectivity index (χ2n) is 9.82. The summed E-state index contributed by atoms with van der Waals surface area (Å²) in [5.74, 6) is -0.641. The molecule has 2 aliphatic heterocycles. The number of carbonyl (C=O) groups excluding carboxylic acids is 1. The molecular formula is C28H26F3N5O. The molecule has 37 heavy (non-hydrogen) atoms. The fourth-order valence-corrected chi connectivity index (χ4v) is 5.57. The minimum atomic E-state index is -4.69. The van der Waals surface area contributed by atoms with Crippen LogP contribution in [0.1, 0.15) is 57.2 Å². The van der Waals surface area contributed by atoms with Crippen LogP contribution in [0.3, 0.4) is 0 Å². The number of rotatable bonds is 3. The monoisotopic (exact) mass is 505 g/mol. The number of hydrogen-bond donors (Lipinski definition) is 2. The average Bonchev–Trinajstić information content (AvgIpc) is 3.57. The smallest absolute Gasteiger partial charge is 0.346 e. The fourth-order valence-electron chi connectivity index (χ4n) is 5.57. The van der Waals surface area contributed by atoms with Gasteiger partial charge in [0.2, 0.25) is 0 Å². The molecule has 0 bridgehead atoms. The van der Waals surface area contributed by atoms with Crippen LogP contribution in [0.2, 0.25) is 0 Å². The summed E-state index contributed by atoms with van der Waals surface area (Å²) in [6.07, 6.45) is 2.77. The maximum absolute atomic E-state index is 13.5. The number of pyridine rings is 2. The molecule has 2 N–H and O–H groups in total. The molecule has 4 aromatic rings. The molecule has 0 spiro atoms. The second kappa shape index (κ2) is 8.99. The van der Waals surface area contributed by atoms with Crippen molar-refractivity contribution in [1.29, 1.82) is 0 Å². The number of aromatic nitrogens is 3. The van der Waals surface area contributed by atoms with Gasteiger partial charge < -0.3 is 15.2 Å². The Labute approximate surface area is 211 Å². The van der Waals surface area contributed by atoms with Crippen molar-refractivity contribution in [3.8, 4) is 11.1 Å². The first-order valence-electron chi connectivity index (χ1n) is 12.4. The topological polar surface area (TPSA) is 73.9 Å². The molecule has 1 atom stereocenters. The number of halogens is 3. The van der Waals surface area contributed by atoms with Gasteiger partial charge >= 0.3 is 6.18 Å². The fraction of sp³-hybridized carbons (Fsp3) is 0.321. The minimum absolute atomic E-state index is 0.138. The summed E-state index contributed by atoms with van der Waals surface area (Å²) in [5, 5.41) is 4.63. The maximum atomic E-state index is 13.5. The van der Waals surface area contributed by atoms with Crippen LogP contribution in [0.4, 0.5) is 13.2 Å². The molecule has 6 rings (SSSR count). The van der Waals surface area contributed by atoms with E-state index in [1.54, 1.807) is 0 Å². The van der Waals surface area contributed by atoms with Crippen molar-refractivity contribution in [3.63, 3.8) is 0 Å². The van der Waals surface area contributed by atoms with E-state index in [2.05, 4.69) is 38.5 Å². The summed E-state index contributed by atoms with van der Waals surface area (Å²) in [4.78, 5) is 26.0. The highest BCUT2D eigenvalue weighted by Gasteiger charge is 2.38. The number of hydrogen-bond acceptors (Lipinski definition) is 4. The van der Waals surface area contributed by atoms with Gasteiger partial charge in [-0.1, -0.05) is 6.07 Å². The van der Waals surface area contributed by atoms with Crippen molar-refractivity contribution in [2.24, 2.45) is 0 Å². The number of nitrogens with one attached hydrogen (secondary N) is 2. The summed E-state index contributed by atoms with van der Waals surface area (Å²) in [6.45, 7) is 3.56. The maximum Gasteiger partial charge on any atom is 0.434 e. The van der Waals surface area contributed by atoms with Gasteiger partial charge in [-0.05, 0) is 84.8 Å². The molecule has 0 unspecified atom stereocenters. The molecule has 3 aromatic heterocycles. The Morgan fingerprint density at radius 2 is 2.03 bits per heavy atom. The first-order chi connectivity index (χ1) is 17.8. The molecule has 2 aliphatic rings. The van der Waals surface area contributed by atoms with Crippen molar-refractivity contribution in [2.45, 2.75) is 44.9 Å². The van der Waals surface area contributed by atoms with Crippen LogP contribution in [-0.2, 0) is 19.1 Å². The number of carbonyl (C=O) groups is 1. The molecule has 1 fully saturated rings. The first-order valence-corrected chi connectivity index (χ1v) is 12.4. The van der Waals surface area contributed by atoms with Crippen molar-refractivity contribution in [3.05, 3.63) is 82.4 Å². The Balaban J connectivity index is 1.39. The third-order valence-corrected chi connectivity index (χ3v) is 7.48. The molecule has 190 valence electrons. The van der Waals surface area contributed by atoms with Gasteiger partial charge in [-0.15, -0.1) is 0 Å².